The number of aromatic nitrogens is 1. The van der Waals surface area contributed by atoms with E-state index in [0.29, 0.717) is 24.4 Å². The number of Topliss-reactive ketones (excluding diaryl/α,β-unsaturated/α-hetero) is 1. The molecule has 2 saturated heterocycles. The maximum Gasteiger partial charge on any atom is 0.223 e. The van der Waals surface area contributed by atoms with Gasteiger partial charge >= 0.3 is 0 Å². The van der Waals surface area contributed by atoms with Gasteiger partial charge < -0.3 is 9.80 Å². The molecule has 0 saturated carbocycles. The summed E-state index contributed by atoms with van der Waals surface area (Å²) in [5.41, 5.74) is 1.46. The molecule has 3 atom stereocenters. The van der Waals surface area contributed by atoms with Crippen LogP contribution in [0.2, 0.25) is 0 Å². The van der Waals surface area contributed by atoms with Gasteiger partial charge in [-0.15, -0.1) is 0 Å². The number of pyridine rings is 1. The molecule has 0 N–H and O–H groups in total. The molecule has 152 valence electrons. The van der Waals surface area contributed by atoms with Gasteiger partial charge in [-0.1, -0.05) is 19.1 Å². The third-order valence-corrected chi connectivity index (χ3v) is 6.12. The molecule has 1 aromatic carbocycles. The summed E-state index contributed by atoms with van der Waals surface area (Å²) in [6.07, 6.45) is 2.94. The minimum atomic E-state index is -0.273. The second-order valence-electron chi connectivity index (χ2n) is 8.09. The molecule has 0 spiro atoms. The van der Waals surface area contributed by atoms with Crippen molar-refractivity contribution in [2.45, 2.75) is 32.7 Å². The largest absolute Gasteiger partial charge is 0.356 e. The maximum atomic E-state index is 13.9. The Bertz CT molecular complexity index is 915. The van der Waals surface area contributed by atoms with E-state index in [-0.39, 0.29) is 29.5 Å². The first-order chi connectivity index (χ1) is 14.0. The number of carbonyl (C=O) groups excluding carboxylic acids is 2. The van der Waals surface area contributed by atoms with Crippen LogP contribution in [0.15, 0.2) is 42.6 Å². The second-order valence-corrected chi connectivity index (χ2v) is 8.09. The monoisotopic (exact) mass is 395 g/mol. The van der Waals surface area contributed by atoms with E-state index < -0.39 is 0 Å². The number of hydrogen-bond donors (Lipinski definition) is 0. The Kier molecular flexibility index (Phi) is 5.35. The average molecular weight is 395 g/mol. The Labute approximate surface area is 170 Å². The van der Waals surface area contributed by atoms with Crippen LogP contribution in [0, 0.1) is 17.7 Å². The van der Waals surface area contributed by atoms with E-state index in [1.54, 1.807) is 24.4 Å². The van der Waals surface area contributed by atoms with Crippen molar-refractivity contribution in [3.8, 4) is 0 Å². The summed E-state index contributed by atoms with van der Waals surface area (Å²) in [5.74, 6) is 1.26. The number of amides is 1. The number of halogens is 1. The summed E-state index contributed by atoms with van der Waals surface area (Å²) in [7, 11) is 0. The lowest BCUT2D eigenvalue weighted by Crippen LogP contribution is -2.35. The van der Waals surface area contributed by atoms with Crippen molar-refractivity contribution in [3.05, 3.63) is 59.5 Å². The van der Waals surface area contributed by atoms with Gasteiger partial charge in [0.2, 0.25) is 5.91 Å². The first-order valence-electron chi connectivity index (χ1n) is 10.2. The SMILES string of the molecule is CCCC(=O)N1C[C@@H]2CN(c3ccc(C(C)=O)cn3)C[C@@H]2[C@@H]1c1cccc(F)c1. The fourth-order valence-corrected chi connectivity index (χ4v) is 4.75. The van der Waals surface area contributed by atoms with E-state index in [9.17, 15) is 14.0 Å². The fourth-order valence-electron chi connectivity index (χ4n) is 4.75. The Balaban J connectivity index is 1.60. The predicted octanol–water partition coefficient (Wildman–Crippen LogP) is 3.86. The van der Waals surface area contributed by atoms with Crippen LogP contribution in [0.25, 0.3) is 0 Å². The van der Waals surface area contributed by atoms with Gasteiger partial charge in [-0.05, 0) is 43.2 Å². The molecule has 2 aliphatic rings. The van der Waals surface area contributed by atoms with Gasteiger partial charge in [0.25, 0.3) is 0 Å². The van der Waals surface area contributed by atoms with Crippen molar-refractivity contribution in [1.29, 1.82) is 0 Å². The highest BCUT2D eigenvalue weighted by atomic mass is 19.1. The highest BCUT2D eigenvalue weighted by Crippen LogP contribution is 2.46. The highest BCUT2D eigenvalue weighted by Gasteiger charge is 2.49. The van der Waals surface area contributed by atoms with E-state index in [1.807, 2.05) is 24.0 Å². The number of carbonyl (C=O) groups is 2. The number of hydrogen-bond acceptors (Lipinski definition) is 4. The minimum absolute atomic E-state index is 0.00131. The Morgan fingerprint density at radius 2 is 2.00 bits per heavy atom. The molecule has 29 heavy (non-hydrogen) atoms. The quantitative estimate of drug-likeness (QED) is 0.722. The molecule has 0 aliphatic carbocycles. The van der Waals surface area contributed by atoms with E-state index in [1.165, 1.54) is 13.0 Å². The Morgan fingerprint density at radius 3 is 2.66 bits per heavy atom. The zero-order valence-corrected chi connectivity index (χ0v) is 16.8. The van der Waals surface area contributed by atoms with Crippen LogP contribution in [0.5, 0.6) is 0 Å². The molecule has 5 nitrogen and oxygen atoms in total. The lowest BCUT2D eigenvalue weighted by Gasteiger charge is -2.30. The minimum Gasteiger partial charge on any atom is -0.356 e. The van der Waals surface area contributed by atoms with Crippen molar-refractivity contribution in [2.75, 3.05) is 24.5 Å². The number of benzene rings is 1. The molecule has 3 heterocycles. The third-order valence-electron chi connectivity index (χ3n) is 6.12. The molecule has 4 rings (SSSR count). The van der Waals surface area contributed by atoms with Crippen LogP contribution in [0.4, 0.5) is 10.2 Å². The van der Waals surface area contributed by atoms with Gasteiger partial charge in [0.05, 0.1) is 6.04 Å². The standard InChI is InChI=1S/C23H26FN3O2/c1-3-5-22(29)27-13-18-12-26(21-9-8-17(11-25-21)15(2)28)14-20(18)23(27)16-6-4-7-19(24)10-16/h4,6-11,18,20,23H,3,5,12-14H2,1-2H3/t18-,20-,23-/m0/s1. The lowest BCUT2D eigenvalue weighted by molar-refractivity contribution is -0.132. The van der Waals surface area contributed by atoms with Crippen molar-refractivity contribution in [3.63, 3.8) is 0 Å². The molecule has 2 fully saturated rings. The topological polar surface area (TPSA) is 53.5 Å². The Hall–Kier alpha value is -2.76. The van der Waals surface area contributed by atoms with Gasteiger partial charge in [0, 0.05) is 49.7 Å². The molecule has 0 bridgehead atoms. The van der Waals surface area contributed by atoms with Gasteiger partial charge in [-0.3, -0.25) is 9.59 Å². The van der Waals surface area contributed by atoms with E-state index in [4.69, 9.17) is 0 Å². The van der Waals surface area contributed by atoms with Crippen molar-refractivity contribution in [1.82, 2.24) is 9.88 Å². The van der Waals surface area contributed by atoms with Crippen molar-refractivity contribution in [2.24, 2.45) is 11.8 Å². The molecular weight excluding hydrogens is 369 g/mol. The smallest absolute Gasteiger partial charge is 0.223 e. The summed E-state index contributed by atoms with van der Waals surface area (Å²) in [5, 5.41) is 0. The molecule has 1 aromatic heterocycles. The van der Waals surface area contributed by atoms with Gasteiger partial charge in [-0.25, -0.2) is 9.37 Å². The number of rotatable bonds is 5. The first kappa shape index (κ1) is 19.6. The van der Waals surface area contributed by atoms with Gasteiger partial charge in [0.1, 0.15) is 11.6 Å². The summed E-state index contributed by atoms with van der Waals surface area (Å²) in [6.45, 7) is 5.78. The third kappa shape index (κ3) is 3.76. The second kappa shape index (κ2) is 7.93. The van der Waals surface area contributed by atoms with Crippen LogP contribution in [-0.2, 0) is 4.79 Å². The lowest BCUT2D eigenvalue weighted by atomic mass is 9.89. The Morgan fingerprint density at radius 1 is 1.17 bits per heavy atom. The zero-order chi connectivity index (χ0) is 20.5. The van der Waals surface area contributed by atoms with E-state index >= 15 is 0 Å². The average Bonchev–Trinajstić information content (AvgIpc) is 3.26. The predicted molar refractivity (Wildman–Crippen MR) is 109 cm³/mol. The number of likely N-dealkylation sites (tertiary alicyclic amines) is 1. The molecule has 1 amide bonds. The fraction of sp³-hybridized carbons (Fsp3) is 0.435. The molecule has 0 unspecified atom stereocenters. The summed E-state index contributed by atoms with van der Waals surface area (Å²) in [6, 6.07) is 10.2. The number of ketones is 1. The van der Waals surface area contributed by atoms with E-state index in [0.717, 1.165) is 30.9 Å². The molecule has 2 aliphatic heterocycles. The summed E-state index contributed by atoms with van der Waals surface area (Å²) in [4.78, 5) is 32.9. The van der Waals surface area contributed by atoms with Crippen LogP contribution >= 0.6 is 0 Å². The zero-order valence-electron chi connectivity index (χ0n) is 16.8. The highest BCUT2D eigenvalue weighted by molar-refractivity contribution is 5.93. The van der Waals surface area contributed by atoms with Crippen molar-refractivity contribution >= 4 is 17.5 Å². The van der Waals surface area contributed by atoms with Gasteiger partial charge in [-0.2, -0.15) is 0 Å². The van der Waals surface area contributed by atoms with Gasteiger partial charge in [0.15, 0.2) is 5.78 Å². The number of fused-ring (bicyclic) bond motifs is 1. The number of nitrogens with zero attached hydrogens (tertiary/aromatic N) is 3. The van der Waals surface area contributed by atoms with Crippen LogP contribution in [0.3, 0.4) is 0 Å². The van der Waals surface area contributed by atoms with E-state index in [2.05, 4.69) is 9.88 Å². The first-order valence-corrected chi connectivity index (χ1v) is 10.2. The molecule has 2 aromatic rings. The van der Waals surface area contributed by atoms with Crippen molar-refractivity contribution < 1.29 is 14.0 Å². The molecule has 6 heteroatoms. The van der Waals surface area contributed by atoms with Crippen LogP contribution in [-0.4, -0.2) is 41.2 Å². The molecule has 0 radical (unpaired) electrons. The summed E-state index contributed by atoms with van der Waals surface area (Å²) >= 11 is 0. The van der Waals surface area contributed by atoms with Crippen LogP contribution in [0.1, 0.15) is 48.7 Å². The maximum absolute atomic E-state index is 13.9. The molecular formula is C23H26FN3O2. The summed E-state index contributed by atoms with van der Waals surface area (Å²) < 4.78 is 13.9. The van der Waals surface area contributed by atoms with Crippen LogP contribution < -0.4 is 4.90 Å². The normalized spacial score (nSPS) is 23.3. The number of anilines is 1.